The van der Waals surface area contributed by atoms with Crippen molar-refractivity contribution in [3.63, 3.8) is 0 Å². The zero-order chi connectivity index (χ0) is 30.9. The Morgan fingerprint density at radius 1 is 0.558 bits per heavy atom. The van der Waals surface area contributed by atoms with Crippen LogP contribution < -0.4 is 0 Å². The van der Waals surface area contributed by atoms with Crippen molar-refractivity contribution in [2.24, 2.45) is 7.05 Å². The standard InChI is InChI=1S/C18H26N3.3C7H7.Hf/c1-12(2)15-8-7-9-16(13(3)4)18(15)19-14(5)17-10-11-21(6)20-17;3*1-7-5-3-2-4-6-7;/h7-14H,1-6H3;3*2-6H,1H2;/q4*-1;. The summed E-state index contributed by atoms with van der Waals surface area (Å²) < 4.78 is 1.83. The fourth-order valence-corrected chi connectivity index (χ4v) is 4.01. The minimum Gasteiger partial charge on any atom is -0.677 e. The Hall–Kier alpha value is -3.63. The van der Waals surface area contributed by atoms with E-state index in [0.29, 0.717) is 11.8 Å². The van der Waals surface area contributed by atoms with Gasteiger partial charge >= 0.3 is 0 Å². The Morgan fingerprint density at radius 2 is 0.930 bits per heavy atom. The molecular weight excluding hydrogens is 689 g/mol. The van der Waals surface area contributed by atoms with Gasteiger partial charge < -0.3 is 5.32 Å². The van der Waals surface area contributed by atoms with Crippen molar-refractivity contribution in [1.29, 1.82) is 0 Å². The maximum atomic E-state index is 5.01. The van der Waals surface area contributed by atoms with Crippen LogP contribution in [-0.4, -0.2) is 9.78 Å². The van der Waals surface area contributed by atoms with Gasteiger partial charge in [0.2, 0.25) is 0 Å². The Labute approximate surface area is 280 Å². The van der Waals surface area contributed by atoms with E-state index in [1.165, 1.54) is 11.1 Å². The summed E-state index contributed by atoms with van der Waals surface area (Å²) in [6.45, 7) is 22.2. The van der Waals surface area contributed by atoms with Crippen molar-refractivity contribution in [3.05, 3.63) is 181 Å². The molecule has 4 heteroatoms. The van der Waals surface area contributed by atoms with E-state index in [1.54, 1.807) is 0 Å². The summed E-state index contributed by atoms with van der Waals surface area (Å²) in [6.07, 6.45) is 1.97. The molecule has 0 spiro atoms. The van der Waals surface area contributed by atoms with Crippen LogP contribution in [0.3, 0.4) is 0 Å². The molecule has 0 saturated carbocycles. The van der Waals surface area contributed by atoms with Gasteiger partial charge in [-0.15, -0.1) is 42.1 Å². The van der Waals surface area contributed by atoms with Crippen LogP contribution in [0.2, 0.25) is 0 Å². The van der Waals surface area contributed by atoms with Crippen molar-refractivity contribution in [1.82, 2.24) is 9.78 Å². The summed E-state index contributed by atoms with van der Waals surface area (Å²) in [4.78, 5) is 0. The van der Waals surface area contributed by atoms with Gasteiger partial charge in [-0.1, -0.05) is 88.2 Å². The minimum absolute atomic E-state index is 0. The third-order valence-corrected chi connectivity index (χ3v) is 6.36. The first-order valence-electron chi connectivity index (χ1n) is 14.5. The van der Waals surface area contributed by atoms with Crippen LogP contribution in [-0.2, 0) is 32.9 Å². The molecule has 0 aliphatic rings. The molecule has 3 nitrogen and oxygen atoms in total. The number of aromatic nitrogens is 2. The largest absolute Gasteiger partial charge is 0.677 e. The first-order chi connectivity index (χ1) is 20.1. The third-order valence-electron chi connectivity index (χ3n) is 6.36. The van der Waals surface area contributed by atoms with E-state index in [4.69, 9.17) is 5.32 Å². The number of para-hydroxylation sites is 1. The molecule has 0 fully saturated rings. The van der Waals surface area contributed by atoms with Gasteiger partial charge in [0.25, 0.3) is 0 Å². The fraction of sp³-hybridized carbons (Fsp3) is 0.231. The van der Waals surface area contributed by atoms with Gasteiger partial charge in [0.15, 0.2) is 0 Å². The summed E-state index contributed by atoms with van der Waals surface area (Å²) in [5, 5.41) is 9.49. The maximum Gasteiger partial charge on any atom is 0.0477 e. The van der Waals surface area contributed by atoms with E-state index in [9.17, 15) is 0 Å². The molecule has 0 aliphatic carbocycles. The Balaban J connectivity index is 0.000000340. The summed E-state index contributed by atoms with van der Waals surface area (Å²) in [6, 6.07) is 38.3. The smallest absolute Gasteiger partial charge is 0.0477 e. The first-order valence-corrected chi connectivity index (χ1v) is 14.5. The SMILES string of the molecule is CC(C)c1cccc(C(C)C)c1[N-]C(C)c1ccn(C)n1.[CH2-]c1ccccc1.[CH2-]c1ccccc1.[CH2-]c1ccccc1.[Hf]. The van der Waals surface area contributed by atoms with E-state index >= 15 is 0 Å². The number of rotatable bonds is 5. The van der Waals surface area contributed by atoms with Crippen molar-refractivity contribution < 1.29 is 25.8 Å². The third kappa shape index (κ3) is 14.4. The Morgan fingerprint density at radius 3 is 1.19 bits per heavy atom. The van der Waals surface area contributed by atoms with E-state index in [2.05, 4.69) is 78.7 Å². The molecule has 226 valence electrons. The molecule has 0 aliphatic heterocycles. The molecule has 4 aromatic carbocycles. The van der Waals surface area contributed by atoms with Gasteiger partial charge in [0.05, 0.1) is 0 Å². The van der Waals surface area contributed by atoms with Gasteiger partial charge in [-0.2, -0.15) is 79.0 Å². The van der Waals surface area contributed by atoms with Crippen molar-refractivity contribution in [3.8, 4) is 0 Å². The molecule has 1 unspecified atom stereocenters. The minimum atomic E-state index is 0. The van der Waals surface area contributed by atoms with Crippen LogP contribution in [0.25, 0.3) is 5.32 Å². The first kappa shape index (κ1) is 37.4. The molecule has 0 saturated heterocycles. The van der Waals surface area contributed by atoms with Crippen LogP contribution in [0.4, 0.5) is 5.69 Å². The molecular formula is C39H47HfN3-4. The molecule has 1 aromatic heterocycles. The summed E-state index contributed by atoms with van der Waals surface area (Å²) in [5.74, 6) is 0.941. The van der Waals surface area contributed by atoms with Crippen LogP contribution in [0.1, 0.15) is 86.0 Å². The van der Waals surface area contributed by atoms with Gasteiger partial charge in [-0.05, 0) is 17.9 Å². The zero-order valence-corrected chi connectivity index (χ0v) is 30.3. The normalized spacial score (nSPS) is 10.5. The van der Waals surface area contributed by atoms with Gasteiger partial charge in [-0.3, -0.25) is 4.68 Å². The molecule has 5 aromatic rings. The second-order valence-corrected chi connectivity index (χ2v) is 10.8. The number of aryl methyl sites for hydroxylation is 1. The van der Waals surface area contributed by atoms with Crippen molar-refractivity contribution >= 4 is 5.69 Å². The van der Waals surface area contributed by atoms with E-state index in [0.717, 1.165) is 28.1 Å². The predicted octanol–water partition coefficient (Wildman–Crippen LogP) is 11.0. The quantitative estimate of drug-likeness (QED) is 0.131. The van der Waals surface area contributed by atoms with Gasteiger partial charge in [0, 0.05) is 44.8 Å². The summed E-state index contributed by atoms with van der Waals surface area (Å²) >= 11 is 0. The molecule has 43 heavy (non-hydrogen) atoms. The van der Waals surface area contributed by atoms with E-state index < -0.39 is 0 Å². The molecule has 0 N–H and O–H groups in total. The summed E-state index contributed by atoms with van der Waals surface area (Å²) in [5.41, 5.74) is 8.03. The summed E-state index contributed by atoms with van der Waals surface area (Å²) in [7, 11) is 1.94. The van der Waals surface area contributed by atoms with Crippen LogP contribution >= 0.6 is 0 Å². The fourth-order valence-electron chi connectivity index (χ4n) is 4.01. The Kier molecular flexibility index (Phi) is 17.7. The second kappa shape index (κ2) is 20.3. The number of hydrogen-bond acceptors (Lipinski definition) is 1. The van der Waals surface area contributed by atoms with Crippen LogP contribution in [0.15, 0.2) is 121 Å². The monoisotopic (exact) mass is 737 g/mol. The van der Waals surface area contributed by atoms with Crippen LogP contribution in [0, 0.1) is 20.8 Å². The van der Waals surface area contributed by atoms with Gasteiger partial charge in [-0.25, -0.2) is 0 Å². The van der Waals surface area contributed by atoms with Crippen molar-refractivity contribution in [2.45, 2.75) is 52.5 Å². The maximum absolute atomic E-state index is 5.01. The number of hydrogen-bond donors (Lipinski definition) is 0. The molecule has 0 bridgehead atoms. The van der Waals surface area contributed by atoms with E-state index in [1.807, 2.05) is 115 Å². The molecule has 1 heterocycles. The average Bonchev–Trinajstić information content (AvgIpc) is 3.41. The molecule has 0 radical (unpaired) electrons. The second-order valence-electron chi connectivity index (χ2n) is 10.8. The van der Waals surface area contributed by atoms with Gasteiger partial charge in [0.1, 0.15) is 0 Å². The number of benzene rings is 4. The van der Waals surface area contributed by atoms with Crippen molar-refractivity contribution in [2.75, 3.05) is 0 Å². The predicted molar refractivity (Wildman–Crippen MR) is 182 cm³/mol. The molecule has 5 rings (SSSR count). The number of nitrogens with zero attached hydrogens (tertiary/aromatic N) is 3. The average molecular weight is 736 g/mol. The topological polar surface area (TPSA) is 31.9 Å². The Bertz CT molecular complexity index is 1280. The zero-order valence-electron chi connectivity index (χ0n) is 26.7. The molecule has 0 amide bonds. The van der Waals surface area contributed by atoms with Crippen LogP contribution in [0.5, 0.6) is 0 Å². The molecule has 1 atom stereocenters. The van der Waals surface area contributed by atoms with E-state index in [-0.39, 0.29) is 31.9 Å².